The molecule has 15 heavy (non-hydrogen) atoms. The van der Waals surface area contributed by atoms with E-state index < -0.39 is 12.1 Å². The van der Waals surface area contributed by atoms with Crippen molar-refractivity contribution < 1.29 is 19.4 Å². The van der Waals surface area contributed by atoms with E-state index in [0.717, 1.165) is 0 Å². The molecule has 0 bridgehead atoms. The Balaban J connectivity index is 2.56. The zero-order valence-electron chi connectivity index (χ0n) is 7.48. The minimum Gasteiger partial charge on any atom is -0.479 e. The van der Waals surface area contributed by atoms with E-state index in [2.05, 4.69) is 0 Å². The number of carboxylic acid groups (broad SMARTS) is 1. The minimum atomic E-state index is -1.66. The Morgan fingerprint density at radius 3 is 2.80 bits per heavy atom. The molecular formula is C10H7ClO4. The van der Waals surface area contributed by atoms with Crippen molar-refractivity contribution in [2.24, 2.45) is 0 Å². The van der Waals surface area contributed by atoms with Crippen LogP contribution in [0, 0.1) is 0 Å². The van der Waals surface area contributed by atoms with Crippen molar-refractivity contribution in [1.82, 2.24) is 0 Å². The van der Waals surface area contributed by atoms with E-state index in [-0.39, 0.29) is 5.76 Å². The maximum absolute atomic E-state index is 10.5. The Kier molecular flexibility index (Phi) is 2.38. The van der Waals surface area contributed by atoms with E-state index in [1.807, 2.05) is 0 Å². The van der Waals surface area contributed by atoms with Crippen molar-refractivity contribution in [1.29, 1.82) is 0 Å². The average Bonchev–Trinajstić information content (AvgIpc) is 2.61. The molecule has 0 saturated carbocycles. The van der Waals surface area contributed by atoms with Crippen molar-refractivity contribution in [2.45, 2.75) is 6.10 Å². The van der Waals surface area contributed by atoms with Gasteiger partial charge in [-0.15, -0.1) is 0 Å². The van der Waals surface area contributed by atoms with Gasteiger partial charge in [-0.25, -0.2) is 4.79 Å². The van der Waals surface area contributed by atoms with Gasteiger partial charge in [-0.3, -0.25) is 0 Å². The van der Waals surface area contributed by atoms with Gasteiger partial charge in [0, 0.05) is 5.39 Å². The molecule has 1 heterocycles. The topological polar surface area (TPSA) is 70.7 Å². The maximum atomic E-state index is 10.5. The number of aliphatic carboxylic acids is 1. The van der Waals surface area contributed by atoms with Gasteiger partial charge in [0.15, 0.2) is 5.58 Å². The van der Waals surface area contributed by atoms with Crippen molar-refractivity contribution in [3.05, 3.63) is 35.0 Å². The lowest BCUT2D eigenvalue weighted by Gasteiger charge is -1.98. The Bertz CT molecular complexity index is 517. The van der Waals surface area contributed by atoms with Crippen LogP contribution < -0.4 is 0 Å². The van der Waals surface area contributed by atoms with Crippen LogP contribution in [0.3, 0.4) is 0 Å². The highest BCUT2D eigenvalue weighted by Crippen LogP contribution is 2.29. The van der Waals surface area contributed by atoms with Crippen LogP contribution in [0.15, 0.2) is 28.7 Å². The lowest BCUT2D eigenvalue weighted by molar-refractivity contribution is -0.147. The zero-order valence-corrected chi connectivity index (χ0v) is 8.23. The molecule has 0 aliphatic heterocycles. The molecular weight excluding hydrogens is 220 g/mol. The van der Waals surface area contributed by atoms with Crippen LogP contribution >= 0.6 is 11.6 Å². The molecule has 4 nitrogen and oxygen atoms in total. The van der Waals surface area contributed by atoms with Gasteiger partial charge in [0.1, 0.15) is 5.76 Å². The molecule has 0 spiro atoms. The highest BCUT2D eigenvalue weighted by Gasteiger charge is 2.20. The number of furan rings is 1. The maximum Gasteiger partial charge on any atom is 0.340 e. The van der Waals surface area contributed by atoms with Crippen molar-refractivity contribution in [3.8, 4) is 0 Å². The molecule has 1 aromatic heterocycles. The molecule has 0 aliphatic rings. The first-order chi connectivity index (χ1) is 7.09. The molecule has 1 aromatic carbocycles. The molecule has 0 saturated heterocycles. The van der Waals surface area contributed by atoms with Crippen molar-refractivity contribution in [2.75, 3.05) is 0 Å². The van der Waals surface area contributed by atoms with Crippen molar-refractivity contribution in [3.63, 3.8) is 0 Å². The Morgan fingerprint density at radius 2 is 2.20 bits per heavy atom. The third-order valence-corrected chi connectivity index (χ3v) is 2.32. The molecule has 2 N–H and O–H groups in total. The summed E-state index contributed by atoms with van der Waals surface area (Å²) in [7, 11) is 0. The third-order valence-electron chi connectivity index (χ3n) is 2.02. The summed E-state index contributed by atoms with van der Waals surface area (Å²) in [6.07, 6.45) is -1.66. The lowest BCUT2D eigenvalue weighted by Crippen LogP contribution is -2.09. The number of hydrogen-bond acceptors (Lipinski definition) is 3. The number of benzene rings is 1. The lowest BCUT2D eigenvalue weighted by atomic mass is 10.2. The van der Waals surface area contributed by atoms with E-state index in [1.165, 1.54) is 6.07 Å². The first kappa shape index (κ1) is 10.0. The van der Waals surface area contributed by atoms with Gasteiger partial charge in [-0.2, -0.15) is 0 Å². The summed E-state index contributed by atoms with van der Waals surface area (Å²) in [5.74, 6) is -1.38. The Morgan fingerprint density at radius 1 is 1.47 bits per heavy atom. The molecule has 2 aromatic rings. The fourth-order valence-electron chi connectivity index (χ4n) is 1.30. The van der Waals surface area contributed by atoms with Crippen LogP contribution in [-0.4, -0.2) is 16.2 Å². The SMILES string of the molecule is O=C(O)C(O)c1cc2cccc(Cl)c2o1. The quantitative estimate of drug-likeness (QED) is 0.824. The number of para-hydroxylation sites is 1. The van der Waals surface area contributed by atoms with Gasteiger partial charge in [-0.05, 0) is 12.1 Å². The highest BCUT2D eigenvalue weighted by atomic mass is 35.5. The molecule has 1 unspecified atom stereocenters. The van der Waals surface area contributed by atoms with Crippen LogP contribution in [-0.2, 0) is 4.79 Å². The molecule has 0 radical (unpaired) electrons. The number of carbonyl (C=O) groups is 1. The summed E-state index contributed by atoms with van der Waals surface area (Å²) in [4.78, 5) is 10.5. The summed E-state index contributed by atoms with van der Waals surface area (Å²) < 4.78 is 5.16. The third kappa shape index (κ3) is 1.69. The van der Waals surface area contributed by atoms with Crippen LogP contribution in [0.4, 0.5) is 0 Å². The molecule has 0 aliphatic carbocycles. The number of hydrogen-bond donors (Lipinski definition) is 2. The summed E-state index contributed by atoms with van der Waals surface area (Å²) in [5.41, 5.74) is 0.384. The number of rotatable bonds is 2. The second kappa shape index (κ2) is 3.56. The summed E-state index contributed by atoms with van der Waals surface area (Å²) in [5, 5.41) is 18.9. The predicted molar refractivity (Wildman–Crippen MR) is 53.8 cm³/mol. The standard InChI is InChI=1S/C10H7ClO4/c11-6-3-1-2-5-4-7(15-9(5)6)8(12)10(13)14/h1-4,8,12H,(H,13,14). The monoisotopic (exact) mass is 226 g/mol. The first-order valence-electron chi connectivity index (χ1n) is 4.18. The van der Waals surface area contributed by atoms with Gasteiger partial charge >= 0.3 is 5.97 Å². The summed E-state index contributed by atoms with van der Waals surface area (Å²) in [6.45, 7) is 0. The molecule has 78 valence electrons. The molecule has 2 rings (SSSR count). The average molecular weight is 227 g/mol. The predicted octanol–water partition coefficient (Wildman–Crippen LogP) is 2.20. The number of fused-ring (bicyclic) bond motifs is 1. The van der Waals surface area contributed by atoms with E-state index in [0.29, 0.717) is 16.0 Å². The molecule has 5 heteroatoms. The van der Waals surface area contributed by atoms with Crippen molar-refractivity contribution >= 4 is 28.5 Å². The second-order valence-corrected chi connectivity index (χ2v) is 3.45. The van der Waals surface area contributed by atoms with Crippen LogP contribution in [0.25, 0.3) is 11.0 Å². The molecule has 0 amide bonds. The zero-order chi connectivity index (χ0) is 11.0. The van der Waals surface area contributed by atoms with Crippen LogP contribution in [0.5, 0.6) is 0 Å². The van der Waals surface area contributed by atoms with Crippen LogP contribution in [0.2, 0.25) is 5.02 Å². The molecule has 0 fully saturated rings. The number of aliphatic hydroxyl groups is 1. The van der Waals surface area contributed by atoms with Gasteiger partial charge in [0.2, 0.25) is 6.10 Å². The van der Waals surface area contributed by atoms with E-state index in [4.69, 9.17) is 21.1 Å². The minimum absolute atomic E-state index is 0.0226. The van der Waals surface area contributed by atoms with E-state index in [9.17, 15) is 9.90 Å². The number of halogens is 1. The fraction of sp³-hybridized carbons (Fsp3) is 0.100. The summed E-state index contributed by atoms with van der Waals surface area (Å²) in [6, 6.07) is 6.53. The smallest absolute Gasteiger partial charge is 0.340 e. The summed E-state index contributed by atoms with van der Waals surface area (Å²) >= 11 is 5.83. The second-order valence-electron chi connectivity index (χ2n) is 3.05. The van der Waals surface area contributed by atoms with Gasteiger partial charge in [-0.1, -0.05) is 23.7 Å². The number of carboxylic acids is 1. The fourth-order valence-corrected chi connectivity index (χ4v) is 1.52. The van der Waals surface area contributed by atoms with Crippen LogP contribution in [0.1, 0.15) is 11.9 Å². The Hall–Kier alpha value is -1.52. The number of aliphatic hydroxyl groups excluding tert-OH is 1. The highest BCUT2D eigenvalue weighted by molar-refractivity contribution is 6.34. The molecule has 1 atom stereocenters. The first-order valence-corrected chi connectivity index (χ1v) is 4.56. The van der Waals surface area contributed by atoms with Gasteiger partial charge in [0.05, 0.1) is 5.02 Å². The normalized spacial score (nSPS) is 12.9. The Labute approximate surface area is 89.7 Å². The van der Waals surface area contributed by atoms with E-state index in [1.54, 1.807) is 18.2 Å². The largest absolute Gasteiger partial charge is 0.479 e. The van der Waals surface area contributed by atoms with Gasteiger partial charge in [0.25, 0.3) is 0 Å². The van der Waals surface area contributed by atoms with Gasteiger partial charge < -0.3 is 14.6 Å². The van der Waals surface area contributed by atoms with E-state index >= 15 is 0 Å².